The Morgan fingerprint density at radius 2 is 1.64 bits per heavy atom. The first kappa shape index (κ1) is 20.4. The molecule has 1 amide bonds. The summed E-state index contributed by atoms with van der Waals surface area (Å²) >= 11 is 0. The molecule has 3 rings (SSSR count). The Morgan fingerprint density at radius 3 is 2.29 bits per heavy atom. The van der Waals surface area contributed by atoms with Crippen molar-refractivity contribution >= 4 is 21.6 Å². The number of rotatable bonds is 5. The Balaban J connectivity index is 1.84. The van der Waals surface area contributed by atoms with Crippen LogP contribution in [0.1, 0.15) is 42.5 Å². The van der Waals surface area contributed by atoms with E-state index in [0.717, 1.165) is 44.2 Å². The minimum absolute atomic E-state index is 0.000715. The van der Waals surface area contributed by atoms with Gasteiger partial charge in [0.15, 0.2) is 0 Å². The van der Waals surface area contributed by atoms with E-state index in [-0.39, 0.29) is 16.5 Å². The summed E-state index contributed by atoms with van der Waals surface area (Å²) in [5.41, 5.74) is -0.569. The third kappa shape index (κ3) is 4.23. The molecule has 8 heteroatoms. The van der Waals surface area contributed by atoms with Crippen LogP contribution in [0.3, 0.4) is 0 Å². The first-order valence-corrected chi connectivity index (χ1v) is 10.6. The number of sulfonamides is 1. The van der Waals surface area contributed by atoms with E-state index in [1.807, 2.05) is 0 Å². The van der Waals surface area contributed by atoms with E-state index in [1.54, 1.807) is 7.05 Å². The number of benzene rings is 2. The fraction of sp³-hybridized carbons (Fsp3) is 0.350. The lowest BCUT2D eigenvalue weighted by Crippen LogP contribution is -2.38. The molecular formula is C20H22F2N2O3S. The van der Waals surface area contributed by atoms with E-state index in [4.69, 9.17) is 0 Å². The van der Waals surface area contributed by atoms with Crippen molar-refractivity contribution in [2.24, 2.45) is 0 Å². The van der Waals surface area contributed by atoms with E-state index < -0.39 is 33.3 Å². The summed E-state index contributed by atoms with van der Waals surface area (Å²) in [6.07, 6.45) is 4.69. The molecule has 0 radical (unpaired) electrons. The third-order valence-electron chi connectivity index (χ3n) is 5.06. The molecule has 0 unspecified atom stereocenters. The fourth-order valence-corrected chi connectivity index (χ4v) is 4.87. The molecule has 0 heterocycles. The van der Waals surface area contributed by atoms with Gasteiger partial charge in [-0.15, -0.1) is 0 Å². The average molecular weight is 408 g/mol. The second kappa shape index (κ2) is 8.36. The van der Waals surface area contributed by atoms with Crippen LogP contribution in [0.4, 0.5) is 14.5 Å². The van der Waals surface area contributed by atoms with Gasteiger partial charge in [0.25, 0.3) is 5.91 Å². The van der Waals surface area contributed by atoms with Gasteiger partial charge in [-0.2, -0.15) is 4.31 Å². The summed E-state index contributed by atoms with van der Waals surface area (Å²) in [6, 6.07) is 8.65. The molecule has 2 aromatic carbocycles. The molecule has 0 saturated heterocycles. The average Bonchev–Trinajstić information content (AvgIpc) is 2.71. The number of nitrogens with one attached hydrogen (secondary N) is 1. The van der Waals surface area contributed by atoms with Crippen LogP contribution < -0.4 is 5.32 Å². The fourth-order valence-electron chi connectivity index (χ4n) is 3.41. The van der Waals surface area contributed by atoms with Gasteiger partial charge in [0.05, 0.1) is 4.90 Å². The van der Waals surface area contributed by atoms with Crippen LogP contribution in [-0.2, 0) is 10.0 Å². The predicted molar refractivity (Wildman–Crippen MR) is 103 cm³/mol. The van der Waals surface area contributed by atoms with E-state index in [1.165, 1.54) is 34.6 Å². The molecule has 5 nitrogen and oxygen atoms in total. The van der Waals surface area contributed by atoms with Crippen molar-refractivity contribution < 1.29 is 22.0 Å². The topological polar surface area (TPSA) is 66.5 Å². The zero-order valence-electron chi connectivity index (χ0n) is 15.5. The van der Waals surface area contributed by atoms with Gasteiger partial charge in [-0.25, -0.2) is 17.2 Å². The van der Waals surface area contributed by atoms with E-state index in [9.17, 15) is 22.0 Å². The maximum atomic E-state index is 13.7. The van der Waals surface area contributed by atoms with Crippen molar-refractivity contribution in [1.82, 2.24) is 4.31 Å². The minimum Gasteiger partial charge on any atom is -0.317 e. The van der Waals surface area contributed by atoms with Gasteiger partial charge in [0.2, 0.25) is 10.0 Å². The summed E-state index contributed by atoms with van der Waals surface area (Å²) in [5.74, 6) is -2.61. The molecule has 0 atom stereocenters. The Labute approximate surface area is 163 Å². The molecule has 1 N–H and O–H groups in total. The number of halogens is 2. The second-order valence-electron chi connectivity index (χ2n) is 6.89. The van der Waals surface area contributed by atoms with Gasteiger partial charge < -0.3 is 5.32 Å². The van der Waals surface area contributed by atoms with Crippen LogP contribution in [-0.4, -0.2) is 31.7 Å². The lowest BCUT2D eigenvalue weighted by atomic mass is 9.96. The first-order chi connectivity index (χ1) is 13.3. The Morgan fingerprint density at radius 1 is 1.04 bits per heavy atom. The summed E-state index contributed by atoms with van der Waals surface area (Å²) in [4.78, 5) is 12.4. The SMILES string of the molecule is CN(C1CCCCC1)S(=O)(=O)c1cccc(C(=O)Nc2c(F)cccc2F)c1. The minimum atomic E-state index is -3.78. The van der Waals surface area contributed by atoms with Gasteiger partial charge in [-0.3, -0.25) is 4.79 Å². The molecule has 0 spiro atoms. The van der Waals surface area contributed by atoms with Crippen LogP contribution in [0.15, 0.2) is 47.4 Å². The standard InChI is InChI=1S/C20H22F2N2O3S/c1-24(15-8-3-2-4-9-15)28(26,27)16-10-5-7-14(13-16)20(25)23-19-17(21)11-6-12-18(19)22/h5-7,10-13,15H,2-4,8-9H2,1H3,(H,23,25). The van der Waals surface area contributed by atoms with Crippen molar-refractivity contribution in [2.45, 2.75) is 43.0 Å². The highest BCUT2D eigenvalue weighted by Gasteiger charge is 2.29. The normalized spacial score (nSPS) is 15.6. The highest BCUT2D eigenvalue weighted by molar-refractivity contribution is 7.89. The van der Waals surface area contributed by atoms with Crippen molar-refractivity contribution in [3.05, 3.63) is 59.7 Å². The van der Waals surface area contributed by atoms with Crippen LogP contribution in [0, 0.1) is 11.6 Å². The molecule has 2 aromatic rings. The monoisotopic (exact) mass is 408 g/mol. The molecule has 0 aliphatic heterocycles. The lowest BCUT2D eigenvalue weighted by molar-refractivity contribution is 0.102. The number of hydrogen-bond donors (Lipinski definition) is 1. The van der Waals surface area contributed by atoms with E-state index >= 15 is 0 Å². The van der Waals surface area contributed by atoms with E-state index in [2.05, 4.69) is 5.32 Å². The summed E-state index contributed by atoms with van der Waals surface area (Å²) in [7, 11) is -2.23. The van der Waals surface area contributed by atoms with Gasteiger partial charge in [-0.05, 0) is 43.2 Å². The van der Waals surface area contributed by atoms with Crippen LogP contribution >= 0.6 is 0 Å². The number of para-hydroxylation sites is 1. The number of amides is 1. The maximum absolute atomic E-state index is 13.7. The second-order valence-corrected chi connectivity index (χ2v) is 8.89. The van der Waals surface area contributed by atoms with Gasteiger partial charge in [0, 0.05) is 18.7 Å². The number of nitrogens with zero attached hydrogens (tertiary/aromatic N) is 1. The molecule has 1 aliphatic carbocycles. The lowest BCUT2D eigenvalue weighted by Gasteiger charge is -2.30. The summed E-state index contributed by atoms with van der Waals surface area (Å²) < 4.78 is 54.8. The predicted octanol–water partition coefficient (Wildman–Crippen LogP) is 4.17. The zero-order valence-corrected chi connectivity index (χ0v) is 16.3. The van der Waals surface area contributed by atoms with Gasteiger partial charge >= 0.3 is 0 Å². The molecule has 1 aliphatic rings. The molecule has 0 bridgehead atoms. The number of anilines is 1. The maximum Gasteiger partial charge on any atom is 0.255 e. The van der Waals surface area contributed by atoms with Crippen LogP contribution in [0.2, 0.25) is 0 Å². The van der Waals surface area contributed by atoms with Gasteiger partial charge in [0.1, 0.15) is 17.3 Å². The molecule has 1 fully saturated rings. The van der Waals surface area contributed by atoms with Crippen molar-refractivity contribution in [3.63, 3.8) is 0 Å². The van der Waals surface area contributed by atoms with Crippen LogP contribution in [0.25, 0.3) is 0 Å². The Bertz CT molecular complexity index is 953. The molecule has 150 valence electrons. The molecular weight excluding hydrogens is 386 g/mol. The van der Waals surface area contributed by atoms with Gasteiger partial charge in [-0.1, -0.05) is 31.4 Å². The summed E-state index contributed by atoms with van der Waals surface area (Å²) in [6.45, 7) is 0. The Hall–Kier alpha value is -2.32. The highest BCUT2D eigenvalue weighted by atomic mass is 32.2. The molecule has 1 saturated carbocycles. The third-order valence-corrected chi connectivity index (χ3v) is 6.97. The number of hydrogen-bond acceptors (Lipinski definition) is 3. The van der Waals surface area contributed by atoms with Crippen molar-refractivity contribution in [2.75, 3.05) is 12.4 Å². The Kier molecular flexibility index (Phi) is 6.10. The van der Waals surface area contributed by atoms with E-state index in [0.29, 0.717) is 0 Å². The first-order valence-electron chi connectivity index (χ1n) is 9.14. The van der Waals surface area contributed by atoms with Crippen molar-refractivity contribution in [1.29, 1.82) is 0 Å². The highest BCUT2D eigenvalue weighted by Crippen LogP contribution is 2.27. The smallest absolute Gasteiger partial charge is 0.255 e. The largest absolute Gasteiger partial charge is 0.317 e. The number of carbonyl (C=O) groups is 1. The zero-order chi connectivity index (χ0) is 20.3. The quantitative estimate of drug-likeness (QED) is 0.808. The van der Waals surface area contributed by atoms with Crippen LogP contribution in [0.5, 0.6) is 0 Å². The summed E-state index contributed by atoms with van der Waals surface area (Å²) in [5, 5.41) is 2.17. The van der Waals surface area contributed by atoms with Crippen molar-refractivity contribution in [3.8, 4) is 0 Å². The molecule has 0 aromatic heterocycles. The molecule has 28 heavy (non-hydrogen) atoms. The number of carbonyl (C=O) groups excluding carboxylic acids is 1.